The standard InChI is InChI=1S/C21H33ClN4O2/c1-16-6-3-4-11-25(16)12-5-10-23-21(27)24-18-9-13-26(15-18)19-14-17(22)7-8-20(19)28-2/h7-8,14,16,18H,3-6,9-13,15H2,1-2H3,(H2,23,24,27). The first-order chi connectivity index (χ1) is 13.6. The third-order valence-electron chi connectivity index (χ3n) is 5.85. The van der Waals surface area contributed by atoms with Gasteiger partial charge >= 0.3 is 6.03 Å². The summed E-state index contributed by atoms with van der Waals surface area (Å²) in [5.74, 6) is 0.807. The Labute approximate surface area is 173 Å². The number of ether oxygens (including phenoxy) is 1. The summed E-state index contributed by atoms with van der Waals surface area (Å²) in [5, 5.41) is 6.80. The Kier molecular flexibility index (Phi) is 7.68. The average molecular weight is 409 g/mol. The Hall–Kier alpha value is -1.66. The molecule has 2 saturated heterocycles. The minimum absolute atomic E-state index is 0.0726. The lowest BCUT2D eigenvalue weighted by atomic mass is 10.0. The fourth-order valence-electron chi connectivity index (χ4n) is 4.22. The van der Waals surface area contributed by atoms with E-state index in [2.05, 4.69) is 27.4 Å². The molecule has 2 atom stereocenters. The number of nitrogens with zero attached hydrogens (tertiary/aromatic N) is 2. The lowest BCUT2D eigenvalue weighted by Crippen LogP contribution is -2.44. The van der Waals surface area contributed by atoms with Crippen molar-refractivity contribution in [1.82, 2.24) is 15.5 Å². The maximum atomic E-state index is 12.2. The molecule has 2 unspecified atom stereocenters. The third-order valence-corrected chi connectivity index (χ3v) is 6.09. The van der Waals surface area contributed by atoms with Crippen LogP contribution < -0.4 is 20.3 Å². The van der Waals surface area contributed by atoms with Crippen molar-refractivity contribution in [3.63, 3.8) is 0 Å². The number of hydrogen-bond acceptors (Lipinski definition) is 4. The first-order valence-corrected chi connectivity index (χ1v) is 10.8. The van der Waals surface area contributed by atoms with Gasteiger partial charge in [-0.15, -0.1) is 0 Å². The maximum Gasteiger partial charge on any atom is 0.315 e. The molecule has 2 N–H and O–H groups in total. The number of likely N-dealkylation sites (tertiary alicyclic amines) is 1. The Balaban J connectivity index is 1.38. The number of benzene rings is 1. The molecule has 3 rings (SSSR count). The second-order valence-electron chi connectivity index (χ2n) is 7.88. The van der Waals surface area contributed by atoms with Gasteiger partial charge in [-0.3, -0.25) is 0 Å². The van der Waals surface area contributed by atoms with Gasteiger partial charge in [0.2, 0.25) is 0 Å². The Morgan fingerprint density at radius 2 is 2.14 bits per heavy atom. The van der Waals surface area contributed by atoms with Crippen LogP contribution in [0, 0.1) is 0 Å². The number of methoxy groups -OCH3 is 1. The smallest absolute Gasteiger partial charge is 0.315 e. The summed E-state index contributed by atoms with van der Waals surface area (Å²) < 4.78 is 5.45. The van der Waals surface area contributed by atoms with Crippen LogP contribution in [0.4, 0.5) is 10.5 Å². The predicted octanol–water partition coefficient (Wildman–Crippen LogP) is 3.49. The molecule has 6 nitrogen and oxygen atoms in total. The van der Waals surface area contributed by atoms with Crippen molar-refractivity contribution in [3.8, 4) is 5.75 Å². The minimum Gasteiger partial charge on any atom is -0.495 e. The summed E-state index contributed by atoms with van der Waals surface area (Å²) in [5.41, 5.74) is 0.982. The number of carbonyl (C=O) groups is 1. The van der Waals surface area contributed by atoms with Gasteiger partial charge in [0.15, 0.2) is 0 Å². The van der Waals surface area contributed by atoms with Crippen molar-refractivity contribution in [3.05, 3.63) is 23.2 Å². The van der Waals surface area contributed by atoms with Gasteiger partial charge in [0.05, 0.1) is 12.8 Å². The highest BCUT2D eigenvalue weighted by Gasteiger charge is 2.26. The zero-order chi connectivity index (χ0) is 19.9. The second-order valence-corrected chi connectivity index (χ2v) is 8.32. The molecular formula is C21H33ClN4O2. The lowest BCUT2D eigenvalue weighted by Gasteiger charge is -2.33. The summed E-state index contributed by atoms with van der Waals surface area (Å²) in [6.07, 6.45) is 5.85. The molecule has 2 aliphatic heterocycles. The topological polar surface area (TPSA) is 56.8 Å². The largest absolute Gasteiger partial charge is 0.495 e. The van der Waals surface area contributed by atoms with Gasteiger partial charge in [0.1, 0.15) is 5.75 Å². The van der Waals surface area contributed by atoms with Crippen molar-refractivity contribution >= 4 is 23.3 Å². The van der Waals surface area contributed by atoms with E-state index in [-0.39, 0.29) is 12.1 Å². The molecule has 0 spiro atoms. The van der Waals surface area contributed by atoms with E-state index in [1.54, 1.807) is 7.11 Å². The van der Waals surface area contributed by atoms with Crippen LogP contribution in [-0.2, 0) is 0 Å². The molecule has 7 heteroatoms. The monoisotopic (exact) mass is 408 g/mol. The Morgan fingerprint density at radius 1 is 1.29 bits per heavy atom. The normalized spacial score (nSPS) is 22.9. The quantitative estimate of drug-likeness (QED) is 0.678. The van der Waals surface area contributed by atoms with Crippen molar-refractivity contribution in [1.29, 1.82) is 0 Å². The lowest BCUT2D eigenvalue weighted by molar-refractivity contribution is 0.159. The predicted molar refractivity (Wildman–Crippen MR) is 115 cm³/mol. The maximum absolute atomic E-state index is 12.2. The summed E-state index contributed by atoms with van der Waals surface area (Å²) >= 11 is 6.14. The van der Waals surface area contributed by atoms with Crippen LogP contribution in [-0.4, -0.2) is 62.8 Å². The highest BCUT2D eigenvalue weighted by atomic mass is 35.5. The van der Waals surface area contributed by atoms with Crippen molar-refractivity contribution in [2.45, 2.75) is 51.1 Å². The van der Waals surface area contributed by atoms with E-state index < -0.39 is 0 Å². The van der Waals surface area contributed by atoms with Crippen LogP contribution >= 0.6 is 11.6 Å². The first-order valence-electron chi connectivity index (χ1n) is 10.4. The van der Waals surface area contributed by atoms with E-state index in [0.29, 0.717) is 17.6 Å². The minimum atomic E-state index is -0.0726. The van der Waals surface area contributed by atoms with Gasteiger partial charge in [-0.25, -0.2) is 4.79 Å². The summed E-state index contributed by atoms with van der Waals surface area (Å²) in [6, 6.07) is 6.37. The molecular weight excluding hydrogens is 376 g/mol. The SMILES string of the molecule is COc1ccc(Cl)cc1N1CCC(NC(=O)NCCCN2CCCCC2C)C1. The van der Waals surface area contributed by atoms with Crippen LogP contribution in [0.15, 0.2) is 18.2 Å². The molecule has 1 aromatic carbocycles. The zero-order valence-electron chi connectivity index (χ0n) is 17.0. The van der Waals surface area contributed by atoms with Crippen LogP contribution in [0.3, 0.4) is 0 Å². The molecule has 156 valence electrons. The molecule has 28 heavy (non-hydrogen) atoms. The molecule has 2 fully saturated rings. The van der Waals surface area contributed by atoms with Crippen LogP contribution in [0.1, 0.15) is 39.0 Å². The summed E-state index contributed by atoms with van der Waals surface area (Å²) in [6.45, 7) is 6.91. The van der Waals surface area contributed by atoms with Gasteiger partial charge in [-0.05, 0) is 57.4 Å². The van der Waals surface area contributed by atoms with Crippen LogP contribution in [0.2, 0.25) is 5.02 Å². The molecule has 0 aromatic heterocycles. The number of anilines is 1. The molecule has 2 heterocycles. The van der Waals surface area contributed by atoms with Gasteiger partial charge < -0.3 is 25.2 Å². The van der Waals surface area contributed by atoms with E-state index in [9.17, 15) is 4.79 Å². The molecule has 2 amide bonds. The number of piperidine rings is 1. The highest BCUT2D eigenvalue weighted by Crippen LogP contribution is 2.33. The van der Waals surface area contributed by atoms with E-state index >= 15 is 0 Å². The molecule has 0 aliphatic carbocycles. The Bertz CT molecular complexity index is 657. The van der Waals surface area contributed by atoms with Crippen LogP contribution in [0.5, 0.6) is 5.75 Å². The third kappa shape index (κ3) is 5.67. The van der Waals surface area contributed by atoms with Crippen molar-refractivity contribution < 1.29 is 9.53 Å². The number of rotatable bonds is 7. The number of nitrogens with one attached hydrogen (secondary N) is 2. The molecule has 2 aliphatic rings. The number of hydrogen-bond donors (Lipinski definition) is 2. The van der Waals surface area contributed by atoms with Crippen molar-refractivity contribution in [2.75, 3.05) is 44.7 Å². The number of halogens is 1. The highest BCUT2D eigenvalue weighted by molar-refractivity contribution is 6.30. The molecule has 0 bridgehead atoms. The fourth-order valence-corrected chi connectivity index (χ4v) is 4.38. The zero-order valence-corrected chi connectivity index (χ0v) is 17.8. The van der Waals surface area contributed by atoms with E-state index in [4.69, 9.17) is 16.3 Å². The number of urea groups is 1. The van der Waals surface area contributed by atoms with E-state index in [1.807, 2.05) is 18.2 Å². The molecule has 0 saturated carbocycles. The average Bonchev–Trinajstić information content (AvgIpc) is 3.14. The van der Waals surface area contributed by atoms with E-state index in [1.165, 1.54) is 25.8 Å². The fraction of sp³-hybridized carbons (Fsp3) is 0.667. The van der Waals surface area contributed by atoms with Gasteiger partial charge in [0, 0.05) is 43.3 Å². The Morgan fingerprint density at radius 3 is 2.93 bits per heavy atom. The first kappa shape index (κ1) is 21.1. The molecule has 1 aromatic rings. The van der Waals surface area contributed by atoms with Gasteiger partial charge in [-0.1, -0.05) is 18.0 Å². The second kappa shape index (κ2) is 10.2. The van der Waals surface area contributed by atoms with Gasteiger partial charge in [0.25, 0.3) is 0 Å². The summed E-state index contributed by atoms with van der Waals surface area (Å²) in [7, 11) is 1.66. The van der Waals surface area contributed by atoms with Gasteiger partial charge in [-0.2, -0.15) is 0 Å². The number of carbonyl (C=O) groups excluding carboxylic acids is 1. The molecule has 0 radical (unpaired) electrons. The van der Waals surface area contributed by atoms with Crippen molar-refractivity contribution in [2.24, 2.45) is 0 Å². The number of amides is 2. The van der Waals surface area contributed by atoms with E-state index in [0.717, 1.165) is 43.9 Å². The van der Waals surface area contributed by atoms with Crippen LogP contribution in [0.25, 0.3) is 0 Å². The summed E-state index contributed by atoms with van der Waals surface area (Å²) in [4.78, 5) is 17.0.